The molecule has 0 saturated heterocycles. The first-order chi connectivity index (χ1) is 17.5. The van der Waals surface area contributed by atoms with Crippen LogP contribution in [0.25, 0.3) is 17.0 Å². The molecule has 2 amide bonds. The molecule has 2 aromatic carbocycles. The van der Waals surface area contributed by atoms with Gasteiger partial charge in [0.15, 0.2) is 23.0 Å². The van der Waals surface area contributed by atoms with E-state index in [9.17, 15) is 4.79 Å². The van der Waals surface area contributed by atoms with Crippen LogP contribution in [-0.2, 0) is 0 Å². The number of carbonyl (C=O) groups excluding carboxylic acids is 1. The van der Waals surface area contributed by atoms with Gasteiger partial charge in [0.1, 0.15) is 0 Å². The minimum absolute atomic E-state index is 0.181. The Morgan fingerprint density at radius 2 is 1.89 bits per heavy atom. The van der Waals surface area contributed by atoms with E-state index < -0.39 is 6.04 Å². The molecular weight excluding hydrogens is 464 g/mol. The van der Waals surface area contributed by atoms with Crippen LogP contribution in [0, 0.1) is 0 Å². The maximum Gasteiger partial charge on any atom is 0.322 e. The van der Waals surface area contributed by atoms with Crippen LogP contribution in [0.3, 0.4) is 0 Å². The molecule has 0 fully saturated rings. The largest absolute Gasteiger partial charge is 0.493 e. The lowest BCUT2D eigenvalue weighted by atomic mass is 9.94. The minimum Gasteiger partial charge on any atom is -0.493 e. The van der Waals surface area contributed by atoms with E-state index in [1.165, 1.54) is 0 Å². The number of carbonyl (C=O) groups is 1. The van der Waals surface area contributed by atoms with Gasteiger partial charge in [-0.05, 0) is 49.2 Å². The van der Waals surface area contributed by atoms with E-state index in [-0.39, 0.29) is 12.8 Å². The van der Waals surface area contributed by atoms with Gasteiger partial charge in [-0.25, -0.2) is 4.79 Å². The van der Waals surface area contributed by atoms with E-state index in [1.807, 2.05) is 43.3 Å². The van der Waals surface area contributed by atoms with Gasteiger partial charge in [0.25, 0.3) is 5.89 Å². The lowest BCUT2D eigenvalue weighted by molar-refractivity contribution is 0.174. The van der Waals surface area contributed by atoms with Crippen molar-refractivity contribution in [2.24, 2.45) is 0 Å². The summed E-state index contributed by atoms with van der Waals surface area (Å²) in [6.07, 6.45) is 1.83. The molecule has 2 aliphatic rings. The molecule has 1 atom stereocenters. The Labute approximate surface area is 208 Å². The third kappa shape index (κ3) is 4.19. The van der Waals surface area contributed by atoms with E-state index in [2.05, 4.69) is 17.4 Å². The standard InChI is InChI=1S/C26H28N4O6/c1-5-6-11-30-15(2)22(23(27-26(30)31)16-7-9-18(32-3)20(12-16)33-4)25-28-24(29-36-25)17-8-10-19-21(13-17)35-14-34-19/h7-10,12-13,23H,5-6,11,14H2,1-4H3,(H,27,31). The number of amides is 2. The van der Waals surface area contributed by atoms with E-state index in [0.717, 1.165) is 35.2 Å². The molecule has 0 spiro atoms. The number of allylic oxidation sites excluding steroid dienone is 1. The van der Waals surface area contributed by atoms with Crippen molar-refractivity contribution in [1.29, 1.82) is 0 Å². The second-order valence-corrected chi connectivity index (χ2v) is 8.49. The quantitative estimate of drug-likeness (QED) is 0.479. The molecule has 3 heterocycles. The molecule has 5 rings (SSSR count). The fourth-order valence-electron chi connectivity index (χ4n) is 4.41. The highest BCUT2D eigenvalue weighted by Gasteiger charge is 2.36. The van der Waals surface area contributed by atoms with Gasteiger partial charge < -0.3 is 28.8 Å². The Kier molecular flexibility index (Phi) is 6.41. The van der Waals surface area contributed by atoms with Gasteiger partial charge in [-0.1, -0.05) is 24.6 Å². The predicted molar refractivity (Wildman–Crippen MR) is 131 cm³/mol. The first kappa shape index (κ1) is 23.5. The molecule has 36 heavy (non-hydrogen) atoms. The Hall–Kier alpha value is -4.21. The fraction of sp³-hybridized carbons (Fsp3) is 0.346. The summed E-state index contributed by atoms with van der Waals surface area (Å²) in [7, 11) is 3.16. The van der Waals surface area contributed by atoms with Crippen molar-refractivity contribution in [1.82, 2.24) is 20.4 Å². The van der Waals surface area contributed by atoms with Gasteiger partial charge in [0.05, 0.1) is 25.8 Å². The third-order valence-electron chi connectivity index (χ3n) is 6.36. The first-order valence-corrected chi connectivity index (χ1v) is 11.8. The zero-order valence-electron chi connectivity index (χ0n) is 20.7. The highest BCUT2D eigenvalue weighted by atomic mass is 16.7. The topological polar surface area (TPSA) is 108 Å². The smallest absolute Gasteiger partial charge is 0.322 e. The number of nitrogens with zero attached hydrogens (tertiary/aromatic N) is 3. The van der Waals surface area contributed by atoms with Crippen LogP contribution >= 0.6 is 0 Å². The number of rotatable bonds is 8. The second-order valence-electron chi connectivity index (χ2n) is 8.49. The van der Waals surface area contributed by atoms with Gasteiger partial charge in [0.2, 0.25) is 12.6 Å². The number of benzene rings is 2. The number of unbranched alkanes of at least 4 members (excludes halogenated alkanes) is 1. The summed E-state index contributed by atoms with van der Waals surface area (Å²) < 4.78 is 27.5. The Balaban J connectivity index is 1.58. The average Bonchev–Trinajstić information content (AvgIpc) is 3.57. The molecule has 1 N–H and O–H groups in total. The summed E-state index contributed by atoms with van der Waals surface area (Å²) in [5, 5.41) is 7.34. The molecule has 1 unspecified atom stereocenters. The van der Waals surface area contributed by atoms with Gasteiger partial charge in [-0.15, -0.1) is 0 Å². The van der Waals surface area contributed by atoms with Crippen LogP contribution in [0.1, 0.15) is 44.2 Å². The van der Waals surface area contributed by atoms with Gasteiger partial charge >= 0.3 is 6.03 Å². The number of aromatic nitrogens is 2. The first-order valence-electron chi connectivity index (χ1n) is 11.8. The molecule has 10 nitrogen and oxygen atoms in total. The summed E-state index contributed by atoms with van der Waals surface area (Å²) >= 11 is 0. The molecule has 188 valence electrons. The zero-order valence-corrected chi connectivity index (χ0v) is 20.7. The molecule has 3 aromatic rings. The molecule has 0 saturated carbocycles. The minimum atomic E-state index is -0.528. The number of hydrogen-bond donors (Lipinski definition) is 1. The summed E-state index contributed by atoms with van der Waals surface area (Å²) in [5.74, 6) is 3.19. The summed E-state index contributed by atoms with van der Waals surface area (Å²) in [6.45, 7) is 4.76. The van der Waals surface area contributed by atoms with Crippen molar-refractivity contribution in [2.75, 3.05) is 27.6 Å². The second kappa shape index (κ2) is 9.80. The normalized spacial score (nSPS) is 16.8. The third-order valence-corrected chi connectivity index (χ3v) is 6.36. The molecule has 0 radical (unpaired) electrons. The van der Waals surface area contributed by atoms with E-state index in [1.54, 1.807) is 19.1 Å². The van der Waals surface area contributed by atoms with Crippen molar-refractivity contribution in [3.8, 4) is 34.4 Å². The molecule has 2 aliphatic heterocycles. The van der Waals surface area contributed by atoms with Crippen LogP contribution in [-0.4, -0.2) is 48.6 Å². The summed E-state index contributed by atoms with van der Waals surface area (Å²) in [4.78, 5) is 19.5. The fourth-order valence-corrected chi connectivity index (χ4v) is 4.41. The predicted octanol–water partition coefficient (Wildman–Crippen LogP) is 4.78. The van der Waals surface area contributed by atoms with Gasteiger partial charge in [-0.3, -0.25) is 4.90 Å². The number of hydrogen-bond acceptors (Lipinski definition) is 8. The molecular formula is C26H28N4O6. The molecule has 0 bridgehead atoms. The number of urea groups is 1. The Morgan fingerprint density at radius 3 is 2.67 bits per heavy atom. The average molecular weight is 493 g/mol. The van der Waals surface area contributed by atoms with Crippen molar-refractivity contribution in [3.05, 3.63) is 53.5 Å². The van der Waals surface area contributed by atoms with E-state index in [0.29, 0.717) is 41.3 Å². The van der Waals surface area contributed by atoms with Gasteiger partial charge in [0, 0.05) is 17.8 Å². The number of fused-ring (bicyclic) bond motifs is 1. The van der Waals surface area contributed by atoms with E-state index >= 15 is 0 Å². The molecule has 10 heteroatoms. The zero-order chi connectivity index (χ0) is 25.2. The number of nitrogens with one attached hydrogen (secondary N) is 1. The highest BCUT2D eigenvalue weighted by Crippen LogP contribution is 2.41. The van der Waals surface area contributed by atoms with Crippen LogP contribution in [0.15, 0.2) is 46.6 Å². The number of ether oxygens (including phenoxy) is 4. The van der Waals surface area contributed by atoms with E-state index in [4.69, 9.17) is 28.5 Å². The van der Waals surface area contributed by atoms with Crippen LogP contribution < -0.4 is 24.3 Å². The SMILES string of the molecule is CCCCN1C(=O)NC(c2ccc(OC)c(OC)c2)C(c2nc(-c3ccc4c(c3)OCO4)no2)=C1C. The monoisotopic (exact) mass is 492 g/mol. The van der Waals surface area contributed by atoms with Crippen molar-refractivity contribution in [3.63, 3.8) is 0 Å². The van der Waals surface area contributed by atoms with Crippen LogP contribution in [0.5, 0.6) is 23.0 Å². The Bertz CT molecular complexity index is 1320. The van der Waals surface area contributed by atoms with Gasteiger partial charge in [-0.2, -0.15) is 4.98 Å². The highest BCUT2D eigenvalue weighted by molar-refractivity contribution is 5.87. The summed E-state index contributed by atoms with van der Waals surface area (Å²) in [5.41, 5.74) is 3.01. The Morgan fingerprint density at radius 1 is 1.08 bits per heavy atom. The van der Waals surface area contributed by atoms with Crippen LogP contribution in [0.2, 0.25) is 0 Å². The molecule has 0 aliphatic carbocycles. The van der Waals surface area contributed by atoms with Crippen molar-refractivity contribution >= 4 is 11.6 Å². The summed E-state index contributed by atoms with van der Waals surface area (Å²) in [6, 6.07) is 10.3. The lowest BCUT2D eigenvalue weighted by Crippen LogP contribution is -2.46. The maximum absolute atomic E-state index is 13.1. The maximum atomic E-state index is 13.1. The lowest BCUT2D eigenvalue weighted by Gasteiger charge is -2.35. The van der Waals surface area contributed by atoms with Crippen molar-refractivity contribution < 1.29 is 28.3 Å². The number of methoxy groups -OCH3 is 2. The van der Waals surface area contributed by atoms with Crippen LogP contribution in [0.4, 0.5) is 4.79 Å². The molecule has 1 aromatic heterocycles. The van der Waals surface area contributed by atoms with Crippen molar-refractivity contribution in [2.45, 2.75) is 32.7 Å².